The molecule has 0 aliphatic rings. The third-order valence-corrected chi connectivity index (χ3v) is 9.22. The van der Waals surface area contributed by atoms with E-state index >= 15 is 0 Å². The fourth-order valence-corrected chi connectivity index (χ4v) is 5.89. The largest absolute Gasteiger partial charge is 0.462 e. The Morgan fingerprint density at radius 3 is 2.29 bits per heavy atom. The Bertz CT molecular complexity index is 1330. The van der Waals surface area contributed by atoms with Crippen molar-refractivity contribution in [3.63, 3.8) is 0 Å². The molecule has 0 spiro atoms. The highest BCUT2D eigenvalue weighted by Gasteiger charge is 2.27. The summed E-state index contributed by atoms with van der Waals surface area (Å²) < 4.78 is 30.2. The fourth-order valence-electron chi connectivity index (χ4n) is 3.67. The van der Waals surface area contributed by atoms with Gasteiger partial charge in [0, 0.05) is 10.4 Å². The molecule has 0 aliphatic heterocycles. The van der Waals surface area contributed by atoms with Gasteiger partial charge in [-0.25, -0.2) is 13.2 Å². The first kappa shape index (κ1) is 25.6. The molecule has 0 aliphatic carbocycles. The summed E-state index contributed by atoms with van der Waals surface area (Å²) in [6.45, 7) is 7.19. The standard InChI is InChI=1S/C26H28N2O4S2/c1-5-22-21(15-27)23(24(33-22)26(29)32-6-2)18-12-10-17(11-13-18)19-8-7-9-20(14-19)25(28)34(30,31)16(3)4/h7-14,16,25H,5-6,28H2,1-4H3. The number of ether oxygens (including phenoxy) is 1. The zero-order valence-electron chi connectivity index (χ0n) is 19.7. The lowest BCUT2D eigenvalue weighted by molar-refractivity contribution is 0.0533. The van der Waals surface area contributed by atoms with Crippen molar-refractivity contribution in [1.29, 1.82) is 5.26 Å². The molecule has 1 unspecified atom stereocenters. The van der Waals surface area contributed by atoms with E-state index in [1.807, 2.05) is 37.3 Å². The molecule has 1 aromatic heterocycles. The van der Waals surface area contributed by atoms with Gasteiger partial charge in [-0.15, -0.1) is 11.3 Å². The predicted octanol–water partition coefficient (Wildman–Crippen LogP) is 5.47. The van der Waals surface area contributed by atoms with Crippen molar-refractivity contribution >= 4 is 27.1 Å². The highest BCUT2D eigenvalue weighted by molar-refractivity contribution is 7.92. The van der Waals surface area contributed by atoms with Crippen molar-refractivity contribution in [2.24, 2.45) is 5.73 Å². The molecule has 0 radical (unpaired) electrons. The van der Waals surface area contributed by atoms with E-state index in [1.165, 1.54) is 11.3 Å². The summed E-state index contributed by atoms with van der Waals surface area (Å²) in [5, 5.41) is 8.10. The van der Waals surface area contributed by atoms with Crippen LogP contribution in [0.2, 0.25) is 0 Å². The van der Waals surface area contributed by atoms with Crippen LogP contribution < -0.4 is 5.73 Å². The first-order chi connectivity index (χ1) is 16.1. The van der Waals surface area contributed by atoms with E-state index in [0.29, 0.717) is 28.0 Å². The highest BCUT2D eigenvalue weighted by Crippen LogP contribution is 2.38. The van der Waals surface area contributed by atoms with Crippen molar-refractivity contribution in [2.45, 2.75) is 44.7 Å². The van der Waals surface area contributed by atoms with Crippen molar-refractivity contribution in [1.82, 2.24) is 0 Å². The molecular weight excluding hydrogens is 468 g/mol. The summed E-state index contributed by atoms with van der Waals surface area (Å²) in [4.78, 5) is 13.8. The number of nitriles is 1. The molecule has 0 bridgehead atoms. The third-order valence-electron chi connectivity index (χ3n) is 5.61. The zero-order valence-corrected chi connectivity index (χ0v) is 21.3. The Morgan fingerprint density at radius 2 is 1.74 bits per heavy atom. The van der Waals surface area contributed by atoms with E-state index in [9.17, 15) is 18.5 Å². The van der Waals surface area contributed by atoms with Crippen LogP contribution in [0.25, 0.3) is 22.3 Å². The van der Waals surface area contributed by atoms with Gasteiger partial charge in [0.25, 0.3) is 0 Å². The van der Waals surface area contributed by atoms with E-state index in [2.05, 4.69) is 6.07 Å². The lowest BCUT2D eigenvalue weighted by Gasteiger charge is -2.17. The van der Waals surface area contributed by atoms with Gasteiger partial charge in [0.15, 0.2) is 9.84 Å². The second kappa shape index (κ2) is 10.5. The van der Waals surface area contributed by atoms with Crippen LogP contribution in [0, 0.1) is 11.3 Å². The van der Waals surface area contributed by atoms with Gasteiger partial charge < -0.3 is 10.5 Å². The second-order valence-corrected chi connectivity index (χ2v) is 11.8. The number of nitrogens with two attached hydrogens (primary N) is 1. The summed E-state index contributed by atoms with van der Waals surface area (Å²) in [6, 6.07) is 16.9. The topological polar surface area (TPSA) is 110 Å². The molecule has 34 heavy (non-hydrogen) atoms. The van der Waals surface area contributed by atoms with Gasteiger partial charge in [-0.05, 0) is 55.5 Å². The fraction of sp³-hybridized carbons (Fsp3) is 0.308. The van der Waals surface area contributed by atoms with Gasteiger partial charge in [0.05, 0.1) is 17.4 Å². The van der Waals surface area contributed by atoms with E-state index in [1.54, 1.807) is 39.0 Å². The lowest BCUT2D eigenvalue weighted by atomic mass is 9.96. The molecule has 0 saturated heterocycles. The quantitative estimate of drug-likeness (QED) is 0.414. The van der Waals surface area contributed by atoms with Crippen LogP contribution in [-0.4, -0.2) is 26.2 Å². The highest BCUT2D eigenvalue weighted by atomic mass is 32.2. The molecule has 0 saturated carbocycles. The average molecular weight is 497 g/mol. The number of rotatable bonds is 8. The number of carbonyl (C=O) groups is 1. The molecule has 178 valence electrons. The van der Waals surface area contributed by atoms with Crippen LogP contribution in [0.4, 0.5) is 0 Å². The van der Waals surface area contributed by atoms with Crippen molar-refractivity contribution in [3.8, 4) is 28.3 Å². The van der Waals surface area contributed by atoms with Crippen LogP contribution in [0.15, 0.2) is 48.5 Å². The number of benzene rings is 2. The van der Waals surface area contributed by atoms with E-state index in [-0.39, 0.29) is 6.61 Å². The Hall–Kier alpha value is -2.99. The van der Waals surface area contributed by atoms with E-state index in [4.69, 9.17) is 10.5 Å². The Labute approximate surface area is 204 Å². The van der Waals surface area contributed by atoms with Crippen molar-refractivity contribution in [3.05, 3.63) is 69.4 Å². The molecule has 8 heteroatoms. The zero-order chi connectivity index (χ0) is 25.0. The Kier molecular flexibility index (Phi) is 7.93. The molecule has 2 N–H and O–H groups in total. The number of thiophene rings is 1. The van der Waals surface area contributed by atoms with E-state index in [0.717, 1.165) is 21.6 Å². The second-order valence-electron chi connectivity index (χ2n) is 8.05. The number of aryl methyl sites for hydroxylation is 1. The number of esters is 1. The minimum Gasteiger partial charge on any atom is -0.462 e. The molecule has 3 aromatic rings. The van der Waals surface area contributed by atoms with Crippen LogP contribution in [0.5, 0.6) is 0 Å². The Morgan fingerprint density at radius 1 is 1.09 bits per heavy atom. The molecule has 3 rings (SSSR count). The number of sulfone groups is 1. The van der Waals surface area contributed by atoms with Gasteiger partial charge in [0.1, 0.15) is 16.3 Å². The van der Waals surface area contributed by atoms with E-state index < -0.39 is 26.4 Å². The SMILES string of the molecule is CCOC(=O)c1sc(CC)c(C#N)c1-c1ccc(-c2cccc(C(N)S(=O)(=O)C(C)C)c2)cc1. The van der Waals surface area contributed by atoms with Gasteiger partial charge in [-0.3, -0.25) is 0 Å². The van der Waals surface area contributed by atoms with Gasteiger partial charge in [-0.2, -0.15) is 5.26 Å². The van der Waals surface area contributed by atoms with Crippen LogP contribution >= 0.6 is 11.3 Å². The number of hydrogen-bond donors (Lipinski definition) is 1. The molecule has 0 fully saturated rings. The number of nitrogens with zero attached hydrogens (tertiary/aromatic N) is 1. The maximum Gasteiger partial charge on any atom is 0.348 e. The lowest BCUT2D eigenvalue weighted by Crippen LogP contribution is -2.28. The minimum absolute atomic E-state index is 0.253. The normalized spacial score (nSPS) is 12.4. The molecule has 1 atom stereocenters. The summed E-state index contributed by atoms with van der Waals surface area (Å²) in [5.74, 6) is -0.434. The smallest absolute Gasteiger partial charge is 0.348 e. The predicted molar refractivity (Wildman–Crippen MR) is 136 cm³/mol. The Balaban J connectivity index is 2.03. The van der Waals surface area contributed by atoms with Crippen molar-refractivity contribution < 1.29 is 17.9 Å². The maximum absolute atomic E-state index is 12.6. The first-order valence-electron chi connectivity index (χ1n) is 11.1. The van der Waals surface area contributed by atoms with Crippen LogP contribution in [0.1, 0.15) is 58.7 Å². The average Bonchev–Trinajstić information content (AvgIpc) is 3.22. The number of carbonyl (C=O) groups excluding carboxylic acids is 1. The summed E-state index contributed by atoms with van der Waals surface area (Å²) >= 11 is 1.30. The summed E-state index contributed by atoms with van der Waals surface area (Å²) in [7, 11) is -3.49. The first-order valence-corrected chi connectivity index (χ1v) is 13.5. The summed E-state index contributed by atoms with van der Waals surface area (Å²) in [6.07, 6.45) is 0.643. The molecule has 6 nitrogen and oxygen atoms in total. The minimum atomic E-state index is -3.49. The molecule has 1 heterocycles. The van der Waals surface area contributed by atoms with Crippen molar-refractivity contribution in [2.75, 3.05) is 6.61 Å². The monoisotopic (exact) mass is 496 g/mol. The summed E-state index contributed by atoms with van der Waals surface area (Å²) in [5.41, 5.74) is 10.1. The molecular formula is C26H28N2O4S2. The number of hydrogen-bond acceptors (Lipinski definition) is 7. The molecule has 0 amide bonds. The van der Waals surface area contributed by atoms with Crippen LogP contribution in [-0.2, 0) is 21.0 Å². The molecule has 2 aromatic carbocycles. The van der Waals surface area contributed by atoms with Gasteiger partial charge >= 0.3 is 5.97 Å². The van der Waals surface area contributed by atoms with Gasteiger partial charge in [0.2, 0.25) is 0 Å². The van der Waals surface area contributed by atoms with Gasteiger partial charge in [-0.1, -0.05) is 49.4 Å². The maximum atomic E-state index is 12.6. The van der Waals surface area contributed by atoms with Crippen LogP contribution in [0.3, 0.4) is 0 Å². The third kappa shape index (κ3) is 4.92.